The fourth-order valence-electron chi connectivity index (χ4n) is 3.28. The Labute approximate surface area is 172 Å². The molecule has 0 radical (unpaired) electrons. The summed E-state index contributed by atoms with van der Waals surface area (Å²) in [5.74, 6) is 0.744. The molecule has 3 aromatic rings. The van der Waals surface area contributed by atoms with Crippen LogP contribution in [0.2, 0.25) is 5.02 Å². The first-order valence-electron chi connectivity index (χ1n) is 9.08. The molecule has 2 heterocycles. The van der Waals surface area contributed by atoms with Gasteiger partial charge in [-0.3, -0.25) is 9.69 Å². The largest absolute Gasteiger partial charge is 0.497 e. The minimum Gasteiger partial charge on any atom is -0.497 e. The lowest BCUT2D eigenvalue weighted by molar-refractivity contribution is -0.117. The first-order chi connectivity index (χ1) is 13.6. The van der Waals surface area contributed by atoms with Crippen LogP contribution in [0.15, 0.2) is 42.5 Å². The normalized spacial score (nSPS) is 15.0. The van der Waals surface area contributed by atoms with Crippen LogP contribution in [-0.2, 0) is 4.79 Å². The molecule has 1 aliphatic rings. The standard InChI is InChI=1S/C20H21ClN4O2S/c1-27-16-5-6-17-18(12-16)28-20(22-17)23-19(26)13-24-7-9-25(10-8-24)15-4-2-3-14(21)11-15/h2-6,11-12H,7-10,13H2,1H3,(H,22,23,26). The number of nitrogens with zero attached hydrogens (tertiary/aromatic N) is 3. The number of fused-ring (bicyclic) bond motifs is 1. The van der Waals surface area contributed by atoms with E-state index in [-0.39, 0.29) is 5.91 Å². The molecular formula is C20H21ClN4O2S. The van der Waals surface area contributed by atoms with E-state index in [0.717, 1.165) is 52.9 Å². The van der Waals surface area contributed by atoms with Gasteiger partial charge in [0, 0.05) is 36.9 Å². The summed E-state index contributed by atoms with van der Waals surface area (Å²) in [5.41, 5.74) is 1.98. The molecule has 6 nitrogen and oxygen atoms in total. The van der Waals surface area contributed by atoms with Crippen molar-refractivity contribution in [2.24, 2.45) is 0 Å². The molecule has 1 N–H and O–H groups in total. The molecule has 1 amide bonds. The van der Waals surface area contributed by atoms with Gasteiger partial charge in [-0.25, -0.2) is 4.98 Å². The van der Waals surface area contributed by atoms with E-state index in [1.165, 1.54) is 11.3 Å². The van der Waals surface area contributed by atoms with E-state index < -0.39 is 0 Å². The molecule has 0 atom stereocenters. The number of aromatic nitrogens is 1. The molecule has 0 bridgehead atoms. The van der Waals surface area contributed by atoms with Gasteiger partial charge in [-0.2, -0.15) is 0 Å². The number of anilines is 2. The maximum atomic E-state index is 12.4. The first kappa shape index (κ1) is 19.0. The number of piperazine rings is 1. The maximum absolute atomic E-state index is 12.4. The lowest BCUT2D eigenvalue weighted by atomic mass is 10.2. The summed E-state index contributed by atoms with van der Waals surface area (Å²) in [4.78, 5) is 21.4. The molecule has 146 valence electrons. The van der Waals surface area contributed by atoms with Crippen molar-refractivity contribution >= 4 is 49.9 Å². The van der Waals surface area contributed by atoms with Crippen molar-refractivity contribution in [3.63, 3.8) is 0 Å². The second-order valence-corrected chi connectivity index (χ2v) is 8.11. The van der Waals surface area contributed by atoms with E-state index in [9.17, 15) is 4.79 Å². The van der Waals surface area contributed by atoms with Gasteiger partial charge in [-0.1, -0.05) is 29.0 Å². The SMILES string of the molecule is COc1ccc2nc(NC(=O)CN3CCN(c4cccc(Cl)c4)CC3)sc2c1. The van der Waals surface area contributed by atoms with Crippen LogP contribution in [0.5, 0.6) is 5.75 Å². The highest BCUT2D eigenvalue weighted by Gasteiger charge is 2.20. The highest BCUT2D eigenvalue weighted by Crippen LogP contribution is 2.29. The number of benzene rings is 2. The van der Waals surface area contributed by atoms with Gasteiger partial charge in [-0.15, -0.1) is 0 Å². The number of methoxy groups -OCH3 is 1. The summed E-state index contributed by atoms with van der Waals surface area (Å²) in [5, 5.41) is 4.28. The zero-order valence-corrected chi connectivity index (χ0v) is 17.1. The minimum atomic E-state index is -0.0396. The minimum absolute atomic E-state index is 0.0396. The van der Waals surface area contributed by atoms with Crippen molar-refractivity contribution in [3.8, 4) is 5.75 Å². The predicted octanol–water partition coefficient (Wildman–Crippen LogP) is 3.72. The van der Waals surface area contributed by atoms with E-state index in [4.69, 9.17) is 16.3 Å². The number of thiazole rings is 1. The monoisotopic (exact) mass is 416 g/mol. The summed E-state index contributed by atoms with van der Waals surface area (Å²) < 4.78 is 6.22. The second-order valence-electron chi connectivity index (χ2n) is 6.64. The van der Waals surface area contributed by atoms with Crippen molar-refractivity contribution in [1.82, 2.24) is 9.88 Å². The number of amides is 1. The third kappa shape index (κ3) is 4.38. The van der Waals surface area contributed by atoms with E-state index in [1.54, 1.807) is 7.11 Å². The van der Waals surface area contributed by atoms with Gasteiger partial charge in [0.1, 0.15) is 5.75 Å². The average molecular weight is 417 g/mol. The van der Waals surface area contributed by atoms with Crippen LogP contribution >= 0.6 is 22.9 Å². The number of nitrogens with one attached hydrogen (secondary N) is 1. The average Bonchev–Trinajstić information content (AvgIpc) is 3.09. The van der Waals surface area contributed by atoms with E-state index in [0.29, 0.717) is 11.7 Å². The topological polar surface area (TPSA) is 57.7 Å². The van der Waals surface area contributed by atoms with Crippen LogP contribution in [0.1, 0.15) is 0 Å². The molecule has 0 saturated carbocycles. The van der Waals surface area contributed by atoms with Crippen LogP contribution < -0.4 is 15.0 Å². The molecule has 8 heteroatoms. The Morgan fingerprint density at radius 3 is 2.79 bits per heavy atom. The van der Waals surface area contributed by atoms with E-state index in [2.05, 4.69) is 26.2 Å². The van der Waals surface area contributed by atoms with Gasteiger partial charge in [0.2, 0.25) is 5.91 Å². The second kappa shape index (κ2) is 8.34. The van der Waals surface area contributed by atoms with Crippen molar-refractivity contribution in [2.45, 2.75) is 0 Å². The molecule has 0 spiro atoms. The van der Waals surface area contributed by atoms with Crippen molar-refractivity contribution < 1.29 is 9.53 Å². The third-order valence-electron chi connectivity index (χ3n) is 4.75. The van der Waals surface area contributed by atoms with Gasteiger partial charge in [-0.05, 0) is 36.4 Å². The number of halogens is 1. The number of carbonyl (C=O) groups excluding carboxylic acids is 1. The maximum Gasteiger partial charge on any atom is 0.240 e. The lowest BCUT2D eigenvalue weighted by Gasteiger charge is -2.35. The molecule has 1 aromatic heterocycles. The molecule has 28 heavy (non-hydrogen) atoms. The van der Waals surface area contributed by atoms with Gasteiger partial charge < -0.3 is 15.0 Å². The fraction of sp³-hybridized carbons (Fsp3) is 0.300. The highest BCUT2D eigenvalue weighted by molar-refractivity contribution is 7.22. The smallest absolute Gasteiger partial charge is 0.240 e. The molecule has 2 aromatic carbocycles. The quantitative estimate of drug-likeness (QED) is 0.687. The summed E-state index contributed by atoms with van der Waals surface area (Å²) in [7, 11) is 1.64. The van der Waals surface area contributed by atoms with Crippen LogP contribution in [0.3, 0.4) is 0 Å². The first-order valence-corrected chi connectivity index (χ1v) is 10.3. The highest BCUT2D eigenvalue weighted by atomic mass is 35.5. The molecule has 4 rings (SSSR count). The van der Waals surface area contributed by atoms with Gasteiger partial charge >= 0.3 is 0 Å². The van der Waals surface area contributed by atoms with Crippen LogP contribution in [0, 0.1) is 0 Å². The number of ether oxygens (including phenoxy) is 1. The number of carbonyl (C=O) groups is 1. The molecule has 1 saturated heterocycles. The third-order valence-corrected chi connectivity index (χ3v) is 5.92. The molecule has 1 fully saturated rings. The Bertz CT molecular complexity index is 985. The van der Waals surface area contributed by atoms with Gasteiger partial charge in [0.15, 0.2) is 5.13 Å². The Morgan fingerprint density at radius 1 is 1.21 bits per heavy atom. The summed E-state index contributed by atoms with van der Waals surface area (Å²) in [6, 6.07) is 13.6. The summed E-state index contributed by atoms with van der Waals surface area (Å²) in [6.07, 6.45) is 0. The number of hydrogen-bond acceptors (Lipinski definition) is 6. The van der Waals surface area contributed by atoms with E-state index >= 15 is 0 Å². The summed E-state index contributed by atoms with van der Waals surface area (Å²) >= 11 is 7.54. The number of rotatable bonds is 5. The molecule has 0 unspecified atom stereocenters. The van der Waals surface area contributed by atoms with E-state index in [1.807, 2.05) is 36.4 Å². The van der Waals surface area contributed by atoms with Gasteiger partial charge in [0.25, 0.3) is 0 Å². The Kier molecular flexibility index (Phi) is 5.66. The van der Waals surface area contributed by atoms with Crippen LogP contribution in [0.4, 0.5) is 10.8 Å². The predicted molar refractivity (Wildman–Crippen MR) is 115 cm³/mol. The lowest BCUT2D eigenvalue weighted by Crippen LogP contribution is -2.48. The van der Waals surface area contributed by atoms with Crippen molar-refractivity contribution in [3.05, 3.63) is 47.5 Å². The Morgan fingerprint density at radius 2 is 2.04 bits per heavy atom. The van der Waals surface area contributed by atoms with Crippen LogP contribution in [-0.4, -0.2) is 55.6 Å². The van der Waals surface area contributed by atoms with Crippen molar-refractivity contribution in [2.75, 3.05) is 50.1 Å². The van der Waals surface area contributed by atoms with Crippen LogP contribution in [0.25, 0.3) is 10.2 Å². The molecular weight excluding hydrogens is 396 g/mol. The Balaban J connectivity index is 1.31. The zero-order valence-electron chi connectivity index (χ0n) is 15.5. The Hall–Kier alpha value is -2.35. The molecule has 1 aliphatic heterocycles. The fourth-order valence-corrected chi connectivity index (χ4v) is 4.38. The van der Waals surface area contributed by atoms with Crippen molar-refractivity contribution in [1.29, 1.82) is 0 Å². The number of hydrogen-bond donors (Lipinski definition) is 1. The zero-order chi connectivity index (χ0) is 19.5. The molecule has 0 aliphatic carbocycles. The summed E-state index contributed by atoms with van der Waals surface area (Å²) in [6.45, 7) is 3.76. The van der Waals surface area contributed by atoms with Gasteiger partial charge in [0.05, 0.1) is 23.9 Å².